The lowest BCUT2D eigenvalue weighted by atomic mass is 10.1. The number of pyridine rings is 1. The van der Waals surface area contributed by atoms with Crippen molar-refractivity contribution >= 4 is 17.2 Å². The van der Waals surface area contributed by atoms with Gasteiger partial charge in [0.15, 0.2) is 0 Å². The molecule has 0 saturated heterocycles. The maximum absolute atomic E-state index is 11.5. The topological polar surface area (TPSA) is 57.2 Å². The zero-order chi connectivity index (χ0) is 14.5. The van der Waals surface area contributed by atoms with Crippen molar-refractivity contribution in [1.29, 1.82) is 0 Å². The van der Waals surface area contributed by atoms with Gasteiger partial charge in [0.2, 0.25) is 0 Å². The van der Waals surface area contributed by atoms with Crippen LogP contribution in [0.4, 0.5) is 0 Å². The van der Waals surface area contributed by atoms with Crippen molar-refractivity contribution in [3.8, 4) is 5.75 Å². The third-order valence-electron chi connectivity index (χ3n) is 2.96. The van der Waals surface area contributed by atoms with Crippen LogP contribution in [0.3, 0.4) is 0 Å². The Kier molecular flexibility index (Phi) is 4.53. The van der Waals surface area contributed by atoms with Gasteiger partial charge < -0.3 is 15.0 Å². The summed E-state index contributed by atoms with van der Waals surface area (Å²) >= 11 is 4.95. The third kappa shape index (κ3) is 3.45. The van der Waals surface area contributed by atoms with Crippen LogP contribution in [0.1, 0.15) is 11.1 Å². The molecule has 0 fully saturated rings. The van der Waals surface area contributed by atoms with Gasteiger partial charge in [0.25, 0.3) is 5.56 Å². The molecular weight excluding hydrogens is 272 g/mol. The summed E-state index contributed by atoms with van der Waals surface area (Å²) < 4.78 is 7.32. The van der Waals surface area contributed by atoms with E-state index in [1.807, 2.05) is 31.2 Å². The number of aryl methyl sites for hydroxylation is 1. The van der Waals surface area contributed by atoms with E-state index in [9.17, 15) is 4.79 Å². The lowest BCUT2D eigenvalue weighted by Gasteiger charge is -2.11. The monoisotopic (exact) mass is 288 g/mol. The predicted octanol–water partition coefficient (Wildman–Crippen LogP) is 1.87. The van der Waals surface area contributed by atoms with E-state index in [1.54, 1.807) is 16.8 Å². The lowest BCUT2D eigenvalue weighted by molar-refractivity contribution is 0.294. The second-order valence-electron chi connectivity index (χ2n) is 4.43. The summed E-state index contributed by atoms with van der Waals surface area (Å²) in [5, 5.41) is 0. The minimum absolute atomic E-state index is 0.0373. The fourth-order valence-corrected chi connectivity index (χ4v) is 1.94. The molecule has 5 heteroatoms. The van der Waals surface area contributed by atoms with E-state index < -0.39 is 0 Å². The van der Waals surface area contributed by atoms with Gasteiger partial charge in [-0.05, 0) is 24.6 Å². The second-order valence-corrected chi connectivity index (χ2v) is 4.87. The summed E-state index contributed by atoms with van der Waals surface area (Å²) in [7, 11) is 0. The van der Waals surface area contributed by atoms with E-state index in [-0.39, 0.29) is 5.56 Å². The molecule has 104 valence electrons. The van der Waals surface area contributed by atoms with E-state index in [2.05, 4.69) is 0 Å². The van der Waals surface area contributed by atoms with Gasteiger partial charge in [0.05, 0.1) is 6.54 Å². The highest BCUT2D eigenvalue weighted by Gasteiger charge is 2.04. The molecule has 1 heterocycles. The Morgan fingerprint density at radius 1 is 1.35 bits per heavy atom. The molecule has 1 aromatic carbocycles. The van der Waals surface area contributed by atoms with Crippen molar-refractivity contribution in [1.82, 2.24) is 4.57 Å². The van der Waals surface area contributed by atoms with Crippen LogP contribution in [-0.2, 0) is 6.54 Å². The van der Waals surface area contributed by atoms with Crippen molar-refractivity contribution in [3.05, 3.63) is 64.1 Å². The van der Waals surface area contributed by atoms with Crippen LogP contribution in [0.5, 0.6) is 5.75 Å². The normalized spacial score (nSPS) is 10.2. The largest absolute Gasteiger partial charge is 0.491 e. The standard InChI is InChI=1S/C15H16N2O2S/c1-11-5-6-12(15(16)20)10-13(11)19-9-8-17-7-3-2-4-14(17)18/h2-7,10H,8-9H2,1H3,(H2,16,20). The quantitative estimate of drug-likeness (QED) is 0.853. The van der Waals surface area contributed by atoms with Gasteiger partial charge in [-0.25, -0.2) is 0 Å². The summed E-state index contributed by atoms with van der Waals surface area (Å²) in [6, 6.07) is 10.7. The summed E-state index contributed by atoms with van der Waals surface area (Å²) in [6.07, 6.45) is 1.74. The third-order valence-corrected chi connectivity index (χ3v) is 3.20. The number of nitrogens with zero attached hydrogens (tertiary/aromatic N) is 1. The number of benzene rings is 1. The zero-order valence-corrected chi connectivity index (χ0v) is 12.0. The van der Waals surface area contributed by atoms with Gasteiger partial charge >= 0.3 is 0 Å². The molecule has 0 spiro atoms. The number of ether oxygens (including phenoxy) is 1. The first kappa shape index (κ1) is 14.3. The van der Waals surface area contributed by atoms with Gasteiger partial charge in [-0.1, -0.05) is 30.4 Å². The molecule has 0 unspecified atom stereocenters. The van der Waals surface area contributed by atoms with Crippen molar-refractivity contribution in [2.45, 2.75) is 13.5 Å². The molecule has 0 amide bonds. The van der Waals surface area contributed by atoms with Crippen molar-refractivity contribution in [2.75, 3.05) is 6.61 Å². The smallest absolute Gasteiger partial charge is 0.250 e. The summed E-state index contributed by atoms with van der Waals surface area (Å²) in [5.74, 6) is 0.735. The Morgan fingerprint density at radius 2 is 2.15 bits per heavy atom. The molecule has 0 bridgehead atoms. The predicted molar refractivity (Wildman–Crippen MR) is 83.3 cm³/mol. The minimum Gasteiger partial charge on any atom is -0.491 e. The second kappa shape index (κ2) is 6.34. The zero-order valence-electron chi connectivity index (χ0n) is 11.2. The SMILES string of the molecule is Cc1ccc(C(N)=S)cc1OCCn1ccccc1=O. The molecular formula is C15H16N2O2S. The van der Waals surface area contributed by atoms with Crippen molar-refractivity contribution in [2.24, 2.45) is 5.73 Å². The van der Waals surface area contributed by atoms with Gasteiger partial charge in [0, 0.05) is 17.8 Å². The Balaban J connectivity index is 2.04. The van der Waals surface area contributed by atoms with Crippen LogP contribution in [-0.4, -0.2) is 16.2 Å². The maximum Gasteiger partial charge on any atom is 0.250 e. The minimum atomic E-state index is -0.0373. The fourth-order valence-electron chi connectivity index (χ4n) is 1.81. The van der Waals surface area contributed by atoms with E-state index >= 15 is 0 Å². The molecule has 0 saturated carbocycles. The van der Waals surface area contributed by atoms with Crippen molar-refractivity contribution < 1.29 is 4.74 Å². The highest BCUT2D eigenvalue weighted by Crippen LogP contribution is 2.19. The van der Waals surface area contributed by atoms with Gasteiger partial charge in [-0.2, -0.15) is 0 Å². The fraction of sp³-hybridized carbons (Fsp3) is 0.200. The van der Waals surface area contributed by atoms with E-state index in [1.165, 1.54) is 6.07 Å². The number of aromatic nitrogens is 1. The number of nitrogens with two attached hydrogens (primary N) is 1. The molecule has 2 aromatic rings. The molecule has 0 aliphatic rings. The average molecular weight is 288 g/mol. The van der Waals surface area contributed by atoms with Gasteiger partial charge in [-0.15, -0.1) is 0 Å². The molecule has 0 radical (unpaired) electrons. The first-order valence-corrected chi connectivity index (χ1v) is 6.67. The highest BCUT2D eigenvalue weighted by molar-refractivity contribution is 7.80. The van der Waals surface area contributed by atoms with Crippen LogP contribution in [0.15, 0.2) is 47.4 Å². The highest BCUT2D eigenvalue weighted by atomic mass is 32.1. The van der Waals surface area contributed by atoms with E-state index in [0.29, 0.717) is 18.1 Å². The molecule has 2 rings (SSSR count). The molecule has 0 aliphatic heterocycles. The number of hydrogen-bond donors (Lipinski definition) is 1. The molecule has 1 aromatic heterocycles. The summed E-state index contributed by atoms with van der Waals surface area (Å²) in [6.45, 7) is 2.86. The van der Waals surface area contributed by atoms with E-state index in [0.717, 1.165) is 16.9 Å². The van der Waals surface area contributed by atoms with Crippen LogP contribution >= 0.6 is 12.2 Å². The number of hydrogen-bond acceptors (Lipinski definition) is 3. The summed E-state index contributed by atoms with van der Waals surface area (Å²) in [4.78, 5) is 11.9. The number of thiocarbonyl (C=S) groups is 1. The molecule has 0 aliphatic carbocycles. The van der Waals surface area contributed by atoms with Crippen LogP contribution in [0, 0.1) is 6.92 Å². The van der Waals surface area contributed by atoms with Crippen LogP contribution in [0.25, 0.3) is 0 Å². The molecule has 2 N–H and O–H groups in total. The Morgan fingerprint density at radius 3 is 2.85 bits per heavy atom. The Hall–Kier alpha value is -2.14. The average Bonchev–Trinajstić information content (AvgIpc) is 2.42. The van der Waals surface area contributed by atoms with Crippen LogP contribution < -0.4 is 16.0 Å². The first-order valence-electron chi connectivity index (χ1n) is 6.26. The Bertz CT molecular complexity index is 680. The number of rotatable bonds is 5. The Labute approximate surface area is 122 Å². The molecule has 20 heavy (non-hydrogen) atoms. The first-order chi connectivity index (χ1) is 9.58. The maximum atomic E-state index is 11.5. The van der Waals surface area contributed by atoms with Gasteiger partial charge in [0.1, 0.15) is 17.3 Å². The lowest BCUT2D eigenvalue weighted by Crippen LogP contribution is -2.21. The molecule has 4 nitrogen and oxygen atoms in total. The van der Waals surface area contributed by atoms with Crippen LogP contribution in [0.2, 0.25) is 0 Å². The summed E-state index contributed by atoms with van der Waals surface area (Å²) in [5.41, 5.74) is 7.35. The molecule has 0 atom stereocenters. The van der Waals surface area contributed by atoms with E-state index in [4.69, 9.17) is 22.7 Å². The van der Waals surface area contributed by atoms with Crippen molar-refractivity contribution in [3.63, 3.8) is 0 Å². The van der Waals surface area contributed by atoms with Gasteiger partial charge in [-0.3, -0.25) is 4.79 Å².